The van der Waals surface area contributed by atoms with E-state index >= 15 is 0 Å². The van der Waals surface area contributed by atoms with Gasteiger partial charge in [0.15, 0.2) is 0 Å². The highest BCUT2D eigenvalue weighted by molar-refractivity contribution is 7.53. The summed E-state index contributed by atoms with van der Waals surface area (Å²) in [5, 5.41) is 0. The van der Waals surface area contributed by atoms with Gasteiger partial charge in [0.05, 0.1) is 24.8 Å². The van der Waals surface area contributed by atoms with Crippen molar-refractivity contribution in [1.29, 1.82) is 0 Å². The molecule has 110 valence electrons. The largest absolute Gasteiger partial charge is 0.458 e. The first-order valence-corrected chi connectivity index (χ1v) is 8.71. The van der Waals surface area contributed by atoms with Crippen LogP contribution in [-0.4, -0.2) is 30.9 Å². The fourth-order valence-electron chi connectivity index (χ4n) is 3.31. The van der Waals surface area contributed by atoms with E-state index in [2.05, 4.69) is 0 Å². The van der Waals surface area contributed by atoms with Crippen molar-refractivity contribution in [2.24, 2.45) is 5.41 Å². The highest BCUT2D eigenvalue weighted by Gasteiger charge is 2.59. The van der Waals surface area contributed by atoms with Crippen LogP contribution in [0.5, 0.6) is 0 Å². The summed E-state index contributed by atoms with van der Waals surface area (Å²) in [6.07, 6.45) is 3.33. The number of carbonyl (C=O) groups excluding carboxylic acids is 1. The third-order valence-corrected chi connectivity index (χ3v) is 6.28. The topological polar surface area (TPSA) is 61.8 Å². The Balaban J connectivity index is 2.17. The minimum absolute atomic E-state index is 0.162. The van der Waals surface area contributed by atoms with E-state index in [1.807, 2.05) is 6.92 Å². The smallest absolute Gasteiger partial charge is 0.334 e. The van der Waals surface area contributed by atoms with Crippen LogP contribution in [-0.2, 0) is 23.1 Å². The summed E-state index contributed by atoms with van der Waals surface area (Å²) in [6.45, 7) is 6.17. The first-order valence-electron chi connectivity index (χ1n) is 6.99. The van der Waals surface area contributed by atoms with Crippen molar-refractivity contribution in [1.82, 2.24) is 0 Å². The minimum Gasteiger partial charge on any atom is -0.458 e. The molecule has 2 fully saturated rings. The van der Waals surface area contributed by atoms with Crippen LogP contribution in [0.25, 0.3) is 0 Å². The lowest BCUT2D eigenvalue weighted by atomic mass is 9.72. The first kappa shape index (κ1) is 15.0. The lowest BCUT2D eigenvalue weighted by molar-refractivity contribution is -0.151. The molecule has 2 rings (SSSR count). The Morgan fingerprint density at radius 3 is 2.47 bits per heavy atom. The van der Waals surface area contributed by atoms with Crippen molar-refractivity contribution in [3.8, 4) is 0 Å². The van der Waals surface area contributed by atoms with Crippen LogP contribution < -0.4 is 0 Å². The van der Waals surface area contributed by atoms with Crippen LogP contribution in [0.15, 0.2) is 0 Å². The molecule has 0 radical (unpaired) electrons. The van der Waals surface area contributed by atoms with Gasteiger partial charge in [-0.2, -0.15) is 0 Å². The van der Waals surface area contributed by atoms with Gasteiger partial charge in [-0.05, 0) is 40.0 Å². The number of hydrogen-bond acceptors (Lipinski definition) is 5. The van der Waals surface area contributed by atoms with E-state index in [1.165, 1.54) is 0 Å². The first-order chi connectivity index (χ1) is 8.87. The van der Waals surface area contributed by atoms with Crippen LogP contribution in [0.2, 0.25) is 0 Å². The van der Waals surface area contributed by atoms with Crippen LogP contribution in [0.4, 0.5) is 0 Å². The van der Waals surface area contributed by atoms with Crippen LogP contribution >= 0.6 is 7.60 Å². The number of esters is 1. The number of rotatable bonds is 6. The van der Waals surface area contributed by atoms with Gasteiger partial charge in [-0.1, -0.05) is 0 Å². The van der Waals surface area contributed by atoms with E-state index in [0.29, 0.717) is 19.6 Å². The summed E-state index contributed by atoms with van der Waals surface area (Å²) in [5.74, 6) is -0.162. The van der Waals surface area contributed by atoms with E-state index in [9.17, 15) is 9.36 Å². The van der Waals surface area contributed by atoms with E-state index in [-0.39, 0.29) is 12.1 Å². The normalized spacial score (nSPS) is 34.4. The molecule has 0 aromatic rings. The third-order valence-electron chi connectivity index (χ3n) is 4.01. The van der Waals surface area contributed by atoms with Crippen molar-refractivity contribution in [2.45, 2.75) is 52.1 Å². The van der Waals surface area contributed by atoms with Crippen molar-refractivity contribution in [3.05, 3.63) is 0 Å². The monoisotopic (exact) mass is 290 g/mol. The van der Waals surface area contributed by atoms with Gasteiger partial charge < -0.3 is 13.8 Å². The average Bonchev–Trinajstić information content (AvgIpc) is 2.44. The summed E-state index contributed by atoms with van der Waals surface area (Å²) in [7, 11) is -3.18. The number of ether oxygens (including phenoxy) is 1. The Bertz CT molecular complexity index is 400. The maximum absolute atomic E-state index is 12.6. The second-order valence-corrected chi connectivity index (χ2v) is 7.82. The zero-order valence-corrected chi connectivity index (χ0v) is 12.8. The SMILES string of the molecule is CCOP(=O)(CC12CCC[C@](C)(C1)C(=O)O2)OCC. The zero-order chi connectivity index (χ0) is 14.1. The van der Waals surface area contributed by atoms with Gasteiger partial charge in [0.1, 0.15) is 5.60 Å². The number of carbonyl (C=O) groups is 1. The second kappa shape index (κ2) is 5.19. The standard InChI is InChI=1S/C13H23O5P/c1-4-16-19(15,17-5-2)10-13-8-6-7-12(3,9-13)11(14)18-13/h4-10H2,1-3H3/t12-,13?/m1/s1. The summed E-state index contributed by atoms with van der Waals surface area (Å²) >= 11 is 0. The molecule has 2 aliphatic rings. The molecule has 2 bridgehead atoms. The molecule has 1 aliphatic carbocycles. The van der Waals surface area contributed by atoms with Gasteiger partial charge in [0, 0.05) is 6.42 Å². The fraction of sp³-hybridized carbons (Fsp3) is 0.923. The van der Waals surface area contributed by atoms with Crippen LogP contribution in [0.1, 0.15) is 46.5 Å². The van der Waals surface area contributed by atoms with Gasteiger partial charge >= 0.3 is 13.6 Å². The molecule has 1 aliphatic heterocycles. The zero-order valence-electron chi connectivity index (χ0n) is 11.9. The highest BCUT2D eigenvalue weighted by atomic mass is 31.2. The lowest BCUT2D eigenvalue weighted by Crippen LogP contribution is -2.37. The molecule has 6 heteroatoms. The van der Waals surface area contributed by atoms with E-state index in [4.69, 9.17) is 13.8 Å². The Kier molecular flexibility index (Phi) is 4.10. The summed E-state index contributed by atoms with van der Waals surface area (Å²) in [5.41, 5.74) is -1.06. The maximum atomic E-state index is 12.6. The molecular weight excluding hydrogens is 267 g/mol. The van der Waals surface area contributed by atoms with E-state index in [1.54, 1.807) is 13.8 Å². The summed E-state index contributed by atoms with van der Waals surface area (Å²) in [4.78, 5) is 12.0. The maximum Gasteiger partial charge on any atom is 0.334 e. The molecule has 1 heterocycles. The molecule has 0 spiro atoms. The van der Waals surface area contributed by atoms with Gasteiger partial charge in [0.25, 0.3) is 0 Å². The van der Waals surface area contributed by atoms with E-state index in [0.717, 1.165) is 19.3 Å². The molecular formula is C13H23O5P. The molecule has 0 aromatic carbocycles. The average molecular weight is 290 g/mol. The number of hydrogen-bond donors (Lipinski definition) is 0. The van der Waals surface area contributed by atoms with Gasteiger partial charge in [-0.15, -0.1) is 0 Å². The molecule has 1 unspecified atom stereocenters. The molecule has 0 aromatic heterocycles. The van der Waals surface area contributed by atoms with Crippen molar-refractivity contribution >= 4 is 13.6 Å². The predicted octanol–water partition coefficient (Wildman–Crippen LogP) is 3.13. The Morgan fingerprint density at radius 1 is 1.26 bits per heavy atom. The molecule has 0 amide bonds. The summed E-state index contributed by atoms with van der Waals surface area (Å²) < 4.78 is 28.9. The molecule has 5 nitrogen and oxygen atoms in total. The lowest BCUT2D eigenvalue weighted by Gasteiger charge is -2.34. The minimum atomic E-state index is -3.18. The molecule has 19 heavy (non-hydrogen) atoms. The van der Waals surface area contributed by atoms with E-state index < -0.39 is 18.6 Å². The Hall–Kier alpha value is -0.380. The summed E-state index contributed by atoms with van der Waals surface area (Å²) in [6, 6.07) is 0. The second-order valence-electron chi connectivity index (χ2n) is 5.77. The Labute approximate surface area is 114 Å². The Morgan fingerprint density at radius 2 is 1.89 bits per heavy atom. The van der Waals surface area contributed by atoms with Gasteiger partial charge in [-0.3, -0.25) is 9.36 Å². The molecule has 1 saturated heterocycles. The van der Waals surface area contributed by atoms with Crippen molar-refractivity contribution in [2.75, 3.05) is 19.4 Å². The quantitative estimate of drug-likeness (QED) is 0.555. The van der Waals surface area contributed by atoms with Crippen LogP contribution in [0.3, 0.4) is 0 Å². The van der Waals surface area contributed by atoms with Gasteiger partial charge in [-0.25, -0.2) is 0 Å². The highest BCUT2D eigenvalue weighted by Crippen LogP contribution is 2.59. The predicted molar refractivity (Wildman–Crippen MR) is 71.1 cm³/mol. The molecule has 2 atom stereocenters. The fourth-order valence-corrected chi connectivity index (χ4v) is 5.40. The number of fused-ring (bicyclic) bond motifs is 2. The molecule has 1 saturated carbocycles. The van der Waals surface area contributed by atoms with Crippen LogP contribution in [0, 0.1) is 5.41 Å². The van der Waals surface area contributed by atoms with Crippen molar-refractivity contribution < 1.29 is 23.1 Å². The van der Waals surface area contributed by atoms with Crippen molar-refractivity contribution in [3.63, 3.8) is 0 Å². The molecule has 0 N–H and O–H groups in total. The third kappa shape index (κ3) is 2.88. The van der Waals surface area contributed by atoms with Gasteiger partial charge in [0.2, 0.25) is 0 Å².